The summed E-state index contributed by atoms with van der Waals surface area (Å²) >= 11 is 9.36. The van der Waals surface area contributed by atoms with E-state index < -0.39 is 0 Å². The van der Waals surface area contributed by atoms with Crippen LogP contribution in [0.4, 0.5) is 5.13 Å². The Kier molecular flexibility index (Phi) is 4.11. The second-order valence-electron chi connectivity index (χ2n) is 6.20. The minimum Gasteiger partial charge on any atom is -0.297 e. The zero-order valence-corrected chi connectivity index (χ0v) is 15.9. The number of aromatic nitrogens is 1. The largest absolute Gasteiger partial charge is 0.297 e. The highest BCUT2D eigenvalue weighted by Gasteiger charge is 2.20. The van der Waals surface area contributed by atoms with Crippen LogP contribution in [0.3, 0.4) is 0 Å². The molecular formula is C18H17ClN2OS2. The molecule has 0 atom stereocenters. The smallest absolute Gasteiger partial charge is 0.267 e. The molecule has 1 aliphatic carbocycles. The van der Waals surface area contributed by atoms with E-state index in [4.69, 9.17) is 11.6 Å². The maximum atomic E-state index is 12.7. The Morgan fingerprint density at radius 2 is 2.00 bits per heavy atom. The van der Waals surface area contributed by atoms with E-state index in [0.717, 1.165) is 54.8 Å². The Hall–Kier alpha value is -1.43. The van der Waals surface area contributed by atoms with Gasteiger partial charge in [-0.2, -0.15) is 0 Å². The second-order valence-corrected chi connectivity index (χ2v) is 8.75. The van der Waals surface area contributed by atoms with Gasteiger partial charge >= 0.3 is 0 Å². The Labute approximate surface area is 153 Å². The molecule has 3 nitrogen and oxygen atoms in total. The van der Waals surface area contributed by atoms with Gasteiger partial charge < -0.3 is 0 Å². The van der Waals surface area contributed by atoms with Crippen LogP contribution in [0, 0.1) is 13.8 Å². The molecule has 0 saturated heterocycles. The summed E-state index contributed by atoms with van der Waals surface area (Å²) < 4.78 is 1.10. The number of aryl methyl sites for hydroxylation is 4. The van der Waals surface area contributed by atoms with Gasteiger partial charge in [0.05, 0.1) is 10.6 Å². The maximum Gasteiger partial charge on any atom is 0.267 e. The quantitative estimate of drug-likeness (QED) is 0.617. The normalized spacial score (nSPS) is 14.0. The molecule has 0 unspecified atom stereocenters. The Morgan fingerprint density at radius 1 is 1.21 bits per heavy atom. The molecule has 0 bridgehead atoms. The third-order valence-electron chi connectivity index (χ3n) is 4.49. The summed E-state index contributed by atoms with van der Waals surface area (Å²) in [6, 6.07) is 4.01. The average molecular weight is 377 g/mol. The zero-order valence-electron chi connectivity index (χ0n) is 13.5. The van der Waals surface area contributed by atoms with Gasteiger partial charge in [-0.05, 0) is 68.2 Å². The summed E-state index contributed by atoms with van der Waals surface area (Å²) in [5.74, 6) is -0.0754. The molecule has 0 aliphatic heterocycles. The topological polar surface area (TPSA) is 42.0 Å². The van der Waals surface area contributed by atoms with Crippen LogP contribution in [-0.2, 0) is 12.8 Å². The molecule has 2 aromatic heterocycles. The van der Waals surface area contributed by atoms with Crippen molar-refractivity contribution in [2.75, 3.05) is 5.32 Å². The molecule has 0 saturated carbocycles. The molecule has 1 N–H and O–H groups in total. The summed E-state index contributed by atoms with van der Waals surface area (Å²) in [6.07, 6.45) is 4.53. The standard InChI is InChI=1S/C18H17ClN2OS2/c1-9-7-15-11(8-12(9)19)10(2)16(23-15)17(22)21-18-20-13-5-3-4-6-14(13)24-18/h7-8H,3-6H2,1-2H3,(H,20,21,22). The lowest BCUT2D eigenvalue weighted by molar-refractivity contribution is 0.103. The molecule has 1 aliphatic rings. The molecule has 0 fully saturated rings. The highest BCUT2D eigenvalue weighted by Crippen LogP contribution is 2.35. The summed E-state index contributed by atoms with van der Waals surface area (Å²) in [5.41, 5.74) is 3.18. The van der Waals surface area contributed by atoms with Crippen molar-refractivity contribution >= 4 is 55.4 Å². The van der Waals surface area contributed by atoms with Crippen molar-refractivity contribution in [1.29, 1.82) is 0 Å². The van der Waals surface area contributed by atoms with E-state index in [2.05, 4.69) is 10.3 Å². The van der Waals surface area contributed by atoms with Gasteiger partial charge in [0, 0.05) is 14.6 Å². The summed E-state index contributed by atoms with van der Waals surface area (Å²) in [4.78, 5) is 19.4. The highest BCUT2D eigenvalue weighted by molar-refractivity contribution is 7.21. The number of hydrogen-bond donors (Lipinski definition) is 1. The van der Waals surface area contributed by atoms with Gasteiger partial charge in [-0.1, -0.05) is 11.6 Å². The number of anilines is 1. The third-order valence-corrected chi connectivity index (χ3v) is 7.22. The minimum atomic E-state index is -0.0754. The van der Waals surface area contributed by atoms with E-state index >= 15 is 0 Å². The van der Waals surface area contributed by atoms with Gasteiger partial charge in [0.15, 0.2) is 5.13 Å². The van der Waals surface area contributed by atoms with Crippen LogP contribution in [0.2, 0.25) is 5.02 Å². The number of amides is 1. The van der Waals surface area contributed by atoms with Crippen molar-refractivity contribution in [1.82, 2.24) is 4.98 Å². The third kappa shape index (κ3) is 2.75. The number of carbonyl (C=O) groups excluding carboxylic acids is 1. The van der Waals surface area contributed by atoms with E-state index in [1.165, 1.54) is 29.1 Å². The molecular weight excluding hydrogens is 360 g/mol. The predicted molar refractivity (Wildman–Crippen MR) is 103 cm³/mol. The van der Waals surface area contributed by atoms with Crippen molar-refractivity contribution in [3.05, 3.63) is 43.7 Å². The Morgan fingerprint density at radius 3 is 2.79 bits per heavy atom. The van der Waals surface area contributed by atoms with Crippen molar-refractivity contribution in [3.8, 4) is 0 Å². The summed E-state index contributed by atoms with van der Waals surface area (Å²) in [6.45, 7) is 3.96. The van der Waals surface area contributed by atoms with E-state index in [1.807, 2.05) is 26.0 Å². The number of halogens is 1. The van der Waals surface area contributed by atoms with Crippen LogP contribution in [0.5, 0.6) is 0 Å². The van der Waals surface area contributed by atoms with Crippen LogP contribution in [0.15, 0.2) is 12.1 Å². The molecule has 1 aromatic carbocycles. The fourth-order valence-electron chi connectivity index (χ4n) is 3.12. The van der Waals surface area contributed by atoms with Crippen LogP contribution >= 0.6 is 34.3 Å². The molecule has 2 heterocycles. The van der Waals surface area contributed by atoms with Gasteiger partial charge in [-0.15, -0.1) is 22.7 Å². The first-order valence-corrected chi connectivity index (χ1v) is 10.0. The second kappa shape index (κ2) is 6.14. The fourth-order valence-corrected chi connectivity index (χ4v) is 5.51. The highest BCUT2D eigenvalue weighted by atomic mass is 35.5. The number of benzene rings is 1. The monoisotopic (exact) mass is 376 g/mol. The van der Waals surface area contributed by atoms with Crippen molar-refractivity contribution in [2.45, 2.75) is 39.5 Å². The van der Waals surface area contributed by atoms with E-state index in [0.29, 0.717) is 0 Å². The first kappa shape index (κ1) is 16.1. The van der Waals surface area contributed by atoms with Crippen molar-refractivity contribution in [3.63, 3.8) is 0 Å². The first-order valence-electron chi connectivity index (χ1n) is 8.02. The molecule has 6 heteroatoms. The maximum absolute atomic E-state index is 12.7. The van der Waals surface area contributed by atoms with Gasteiger partial charge in [0.1, 0.15) is 0 Å². The van der Waals surface area contributed by atoms with Crippen molar-refractivity contribution in [2.24, 2.45) is 0 Å². The molecule has 3 aromatic rings. The molecule has 0 radical (unpaired) electrons. The number of nitrogens with one attached hydrogen (secondary N) is 1. The molecule has 4 rings (SSSR count). The first-order chi connectivity index (χ1) is 11.5. The zero-order chi connectivity index (χ0) is 16.8. The lowest BCUT2D eigenvalue weighted by atomic mass is 10.0. The van der Waals surface area contributed by atoms with Crippen LogP contribution < -0.4 is 5.32 Å². The SMILES string of the molecule is Cc1cc2sc(C(=O)Nc3nc4c(s3)CCCC4)c(C)c2cc1Cl. The van der Waals surface area contributed by atoms with Gasteiger partial charge in [-0.3, -0.25) is 10.1 Å². The lowest BCUT2D eigenvalue weighted by Gasteiger charge is -2.06. The van der Waals surface area contributed by atoms with E-state index in [-0.39, 0.29) is 5.91 Å². The number of carbonyl (C=O) groups is 1. The van der Waals surface area contributed by atoms with Crippen LogP contribution in [0.25, 0.3) is 10.1 Å². The summed E-state index contributed by atoms with van der Waals surface area (Å²) in [7, 11) is 0. The van der Waals surface area contributed by atoms with Gasteiger partial charge in [0.25, 0.3) is 5.91 Å². The Bertz CT molecular complexity index is 934. The number of thiazole rings is 1. The van der Waals surface area contributed by atoms with E-state index in [1.54, 1.807) is 11.3 Å². The van der Waals surface area contributed by atoms with E-state index in [9.17, 15) is 4.79 Å². The fraction of sp³-hybridized carbons (Fsp3) is 0.333. The number of rotatable bonds is 2. The number of nitrogens with zero attached hydrogens (tertiary/aromatic N) is 1. The average Bonchev–Trinajstić information content (AvgIpc) is 3.09. The lowest BCUT2D eigenvalue weighted by Crippen LogP contribution is -2.11. The predicted octanol–water partition coefficient (Wildman–Crippen LogP) is 5.76. The van der Waals surface area contributed by atoms with Crippen LogP contribution in [0.1, 0.15) is 44.2 Å². The summed E-state index contributed by atoms with van der Waals surface area (Å²) in [5, 5.41) is 5.51. The molecule has 1 amide bonds. The number of fused-ring (bicyclic) bond motifs is 2. The minimum absolute atomic E-state index is 0.0754. The van der Waals surface area contributed by atoms with Crippen LogP contribution in [-0.4, -0.2) is 10.9 Å². The molecule has 124 valence electrons. The number of thiophene rings is 1. The van der Waals surface area contributed by atoms with Gasteiger partial charge in [-0.25, -0.2) is 4.98 Å². The van der Waals surface area contributed by atoms with Crippen molar-refractivity contribution < 1.29 is 4.79 Å². The van der Waals surface area contributed by atoms with Gasteiger partial charge in [0.2, 0.25) is 0 Å². The molecule has 24 heavy (non-hydrogen) atoms. The molecule has 0 spiro atoms. The number of hydrogen-bond acceptors (Lipinski definition) is 4. The Balaban J connectivity index is 1.65.